The lowest BCUT2D eigenvalue weighted by atomic mass is 9.74. The van der Waals surface area contributed by atoms with Crippen molar-refractivity contribution in [1.29, 1.82) is 0 Å². The summed E-state index contributed by atoms with van der Waals surface area (Å²) >= 11 is 2.01. The van der Waals surface area contributed by atoms with Crippen LogP contribution < -0.4 is 5.73 Å². The van der Waals surface area contributed by atoms with Gasteiger partial charge in [-0.2, -0.15) is 0 Å². The molecule has 1 saturated carbocycles. The van der Waals surface area contributed by atoms with Crippen LogP contribution in [0, 0.1) is 5.92 Å². The summed E-state index contributed by atoms with van der Waals surface area (Å²) in [7, 11) is 0. The normalized spacial score (nSPS) is 33.5. The highest BCUT2D eigenvalue weighted by Gasteiger charge is 2.32. The monoisotopic (exact) mass is 219 g/mol. The van der Waals surface area contributed by atoms with Crippen molar-refractivity contribution in [3.05, 3.63) is 29.8 Å². The molecule has 2 heteroatoms. The van der Waals surface area contributed by atoms with Crippen LogP contribution in [0.2, 0.25) is 0 Å². The van der Waals surface area contributed by atoms with Crippen LogP contribution in [0.3, 0.4) is 0 Å². The van der Waals surface area contributed by atoms with Gasteiger partial charge in [-0.05, 0) is 42.7 Å². The van der Waals surface area contributed by atoms with E-state index in [0.29, 0.717) is 6.04 Å². The van der Waals surface area contributed by atoms with E-state index in [-0.39, 0.29) is 0 Å². The average Bonchev–Trinajstić information content (AvgIpc) is 2.67. The van der Waals surface area contributed by atoms with Gasteiger partial charge in [0, 0.05) is 16.7 Å². The molecular weight excluding hydrogens is 202 g/mol. The zero-order chi connectivity index (χ0) is 10.3. The largest absolute Gasteiger partial charge is 0.327 e. The second kappa shape index (κ2) is 3.84. The van der Waals surface area contributed by atoms with Gasteiger partial charge in [-0.1, -0.05) is 18.2 Å². The molecule has 0 spiro atoms. The topological polar surface area (TPSA) is 26.0 Å². The Morgan fingerprint density at radius 3 is 2.87 bits per heavy atom. The Labute approximate surface area is 95.4 Å². The fourth-order valence-corrected chi connectivity index (χ4v) is 3.95. The standard InChI is InChI=1S/C13H17NS/c14-12-6-5-9(12)7-10-8-15-13-4-2-1-3-11(10)13/h1-4,9-10,12H,5-8,14H2. The lowest BCUT2D eigenvalue weighted by molar-refractivity contribution is 0.230. The second-order valence-corrected chi connectivity index (χ2v) is 5.84. The van der Waals surface area contributed by atoms with Gasteiger partial charge in [0.15, 0.2) is 0 Å². The number of thioether (sulfide) groups is 1. The molecule has 1 aromatic rings. The first-order chi connectivity index (χ1) is 7.34. The molecule has 1 fully saturated rings. The smallest absolute Gasteiger partial charge is 0.0107 e. The Balaban J connectivity index is 1.74. The van der Waals surface area contributed by atoms with Crippen molar-refractivity contribution >= 4 is 11.8 Å². The summed E-state index contributed by atoms with van der Waals surface area (Å²) in [6, 6.07) is 9.34. The molecule has 3 rings (SSSR count). The zero-order valence-corrected chi connectivity index (χ0v) is 9.67. The Hall–Kier alpha value is -0.470. The number of nitrogens with two attached hydrogens (primary N) is 1. The van der Waals surface area contributed by atoms with E-state index < -0.39 is 0 Å². The van der Waals surface area contributed by atoms with Gasteiger partial charge in [-0.15, -0.1) is 11.8 Å². The summed E-state index contributed by atoms with van der Waals surface area (Å²) in [5.74, 6) is 2.83. The van der Waals surface area contributed by atoms with Gasteiger partial charge in [-0.25, -0.2) is 0 Å². The van der Waals surface area contributed by atoms with Gasteiger partial charge in [-0.3, -0.25) is 0 Å². The van der Waals surface area contributed by atoms with Crippen LogP contribution in [0.15, 0.2) is 29.2 Å². The third-order valence-electron chi connectivity index (χ3n) is 3.86. The van der Waals surface area contributed by atoms with Crippen LogP contribution in [0.25, 0.3) is 0 Å². The van der Waals surface area contributed by atoms with Crippen molar-refractivity contribution in [2.24, 2.45) is 11.7 Å². The molecule has 1 aliphatic carbocycles. The first-order valence-corrected chi connectivity index (χ1v) is 6.80. The minimum atomic E-state index is 0.489. The van der Waals surface area contributed by atoms with Crippen molar-refractivity contribution in [2.45, 2.75) is 36.1 Å². The number of hydrogen-bond acceptors (Lipinski definition) is 2. The number of rotatable bonds is 2. The SMILES string of the molecule is NC1CCC1CC1CSc2ccccc21. The Bertz CT molecular complexity index is 363. The Morgan fingerprint density at radius 2 is 2.13 bits per heavy atom. The zero-order valence-electron chi connectivity index (χ0n) is 8.86. The van der Waals surface area contributed by atoms with E-state index in [1.165, 1.54) is 29.9 Å². The molecule has 3 unspecified atom stereocenters. The summed E-state index contributed by atoms with van der Waals surface area (Å²) in [5.41, 5.74) is 7.58. The van der Waals surface area contributed by atoms with E-state index >= 15 is 0 Å². The van der Waals surface area contributed by atoms with E-state index in [0.717, 1.165) is 11.8 Å². The summed E-state index contributed by atoms with van der Waals surface area (Å²) in [6.45, 7) is 0. The van der Waals surface area contributed by atoms with Crippen LogP contribution in [-0.2, 0) is 0 Å². The second-order valence-electron chi connectivity index (χ2n) is 4.78. The van der Waals surface area contributed by atoms with Crippen LogP contribution >= 0.6 is 11.8 Å². The van der Waals surface area contributed by atoms with E-state index in [1.807, 2.05) is 11.8 Å². The predicted molar refractivity (Wildman–Crippen MR) is 65.2 cm³/mol. The molecule has 2 aliphatic rings. The summed E-state index contributed by atoms with van der Waals surface area (Å²) in [4.78, 5) is 1.50. The van der Waals surface area contributed by atoms with Crippen molar-refractivity contribution in [1.82, 2.24) is 0 Å². The molecule has 1 heterocycles. The fraction of sp³-hybridized carbons (Fsp3) is 0.538. The first-order valence-electron chi connectivity index (χ1n) is 5.82. The fourth-order valence-electron chi connectivity index (χ4n) is 2.68. The van der Waals surface area contributed by atoms with Gasteiger partial charge in [0.05, 0.1) is 0 Å². The van der Waals surface area contributed by atoms with E-state index in [4.69, 9.17) is 5.73 Å². The van der Waals surface area contributed by atoms with Gasteiger partial charge in [0.25, 0.3) is 0 Å². The molecule has 2 N–H and O–H groups in total. The molecule has 1 aromatic carbocycles. The van der Waals surface area contributed by atoms with Gasteiger partial charge < -0.3 is 5.73 Å². The van der Waals surface area contributed by atoms with Gasteiger partial charge in [0.1, 0.15) is 0 Å². The third kappa shape index (κ3) is 1.70. The van der Waals surface area contributed by atoms with Crippen molar-refractivity contribution in [3.63, 3.8) is 0 Å². The summed E-state index contributed by atoms with van der Waals surface area (Å²) < 4.78 is 0. The van der Waals surface area contributed by atoms with Crippen molar-refractivity contribution in [3.8, 4) is 0 Å². The molecule has 1 nitrogen and oxygen atoms in total. The maximum atomic E-state index is 6.01. The Kier molecular flexibility index (Phi) is 2.49. The highest BCUT2D eigenvalue weighted by molar-refractivity contribution is 7.99. The highest BCUT2D eigenvalue weighted by atomic mass is 32.2. The third-order valence-corrected chi connectivity index (χ3v) is 5.11. The maximum absolute atomic E-state index is 6.01. The number of hydrogen-bond donors (Lipinski definition) is 1. The molecule has 0 bridgehead atoms. The molecule has 1 aliphatic heterocycles. The first kappa shape index (κ1) is 9.73. The Morgan fingerprint density at radius 1 is 1.27 bits per heavy atom. The highest BCUT2D eigenvalue weighted by Crippen LogP contribution is 2.45. The molecule has 80 valence electrons. The lowest BCUT2D eigenvalue weighted by Crippen LogP contribution is -2.40. The maximum Gasteiger partial charge on any atom is 0.0107 e. The van der Waals surface area contributed by atoms with Crippen LogP contribution in [0.1, 0.15) is 30.7 Å². The van der Waals surface area contributed by atoms with Gasteiger partial charge >= 0.3 is 0 Å². The van der Waals surface area contributed by atoms with Gasteiger partial charge in [0.2, 0.25) is 0 Å². The molecule has 0 saturated heterocycles. The molecule has 3 atom stereocenters. The minimum Gasteiger partial charge on any atom is -0.327 e. The average molecular weight is 219 g/mol. The van der Waals surface area contributed by atoms with Crippen LogP contribution in [0.5, 0.6) is 0 Å². The van der Waals surface area contributed by atoms with Crippen LogP contribution in [0.4, 0.5) is 0 Å². The molecule has 15 heavy (non-hydrogen) atoms. The van der Waals surface area contributed by atoms with E-state index in [9.17, 15) is 0 Å². The minimum absolute atomic E-state index is 0.489. The van der Waals surface area contributed by atoms with Crippen LogP contribution in [-0.4, -0.2) is 11.8 Å². The molecule has 0 amide bonds. The van der Waals surface area contributed by atoms with Crippen molar-refractivity contribution < 1.29 is 0 Å². The molecule has 0 radical (unpaired) electrons. The number of fused-ring (bicyclic) bond motifs is 1. The predicted octanol–water partition coefficient (Wildman–Crippen LogP) is 3.00. The molecular formula is C13H17NS. The lowest BCUT2D eigenvalue weighted by Gasteiger charge is -2.35. The summed E-state index contributed by atoms with van der Waals surface area (Å²) in [5, 5.41) is 0. The number of benzene rings is 1. The van der Waals surface area contributed by atoms with E-state index in [2.05, 4.69) is 24.3 Å². The van der Waals surface area contributed by atoms with E-state index in [1.54, 1.807) is 5.56 Å². The quantitative estimate of drug-likeness (QED) is 0.827. The molecule has 0 aromatic heterocycles. The summed E-state index contributed by atoms with van der Waals surface area (Å²) in [6.07, 6.45) is 3.90. The van der Waals surface area contributed by atoms with Crippen molar-refractivity contribution in [2.75, 3.05) is 5.75 Å².